The normalized spacial score (nSPS) is 7.47. The van der Waals surface area contributed by atoms with Crippen LogP contribution in [0.4, 0.5) is 0 Å². The van der Waals surface area contributed by atoms with Crippen molar-refractivity contribution in [2.45, 2.75) is 0 Å². The van der Waals surface area contributed by atoms with Crippen LogP contribution in [-0.2, 0) is 20.4 Å². The van der Waals surface area contributed by atoms with Gasteiger partial charge in [0.15, 0.2) is 0 Å². The summed E-state index contributed by atoms with van der Waals surface area (Å²) < 4.78 is 0. The molecule has 0 saturated heterocycles. The number of hydrogen-bond donors (Lipinski definition) is 1. The zero-order valence-corrected chi connectivity index (χ0v) is 20.9. The van der Waals surface area contributed by atoms with Gasteiger partial charge in [0.1, 0.15) is 0 Å². The van der Waals surface area contributed by atoms with Crippen LogP contribution in [0, 0.1) is 6.07 Å². The Morgan fingerprint density at radius 3 is 2.13 bits per heavy atom. The summed E-state index contributed by atoms with van der Waals surface area (Å²) in [7, 11) is 0. The van der Waals surface area contributed by atoms with Crippen molar-refractivity contribution in [3.05, 3.63) is 41.1 Å². The monoisotopic (exact) mass is 520 g/mol. The van der Waals surface area contributed by atoms with Crippen LogP contribution in [0.15, 0.2) is 18.2 Å². The molecule has 1 radical (unpaired) electrons. The first-order valence-electron chi connectivity index (χ1n) is 3.12. The average molecular weight is 520 g/mol. The number of carbonyl (C=O) groups excluding carboxylic acids is 1. The first-order chi connectivity index (χ1) is 5.63. The molecule has 0 heterocycles. The quantitative estimate of drug-likeness (QED) is 0.399. The van der Waals surface area contributed by atoms with Crippen molar-refractivity contribution in [2.75, 3.05) is 0 Å². The molecule has 1 aromatic carbocycles. The minimum Gasteiger partial charge on any atom is -0.665 e. The Bertz CT molecular complexity index is 313. The third-order valence-electron chi connectivity index (χ3n) is 1.34. The van der Waals surface area contributed by atoms with E-state index in [-0.39, 0.29) is 148 Å². The molecule has 0 aliphatic rings. The van der Waals surface area contributed by atoms with E-state index < -0.39 is 11.9 Å². The van der Waals surface area contributed by atoms with Crippen molar-refractivity contribution in [3.63, 3.8) is 0 Å². The SMILES string of the molecule is [NH-]C(=O)c1cc[c-]cc1C(=O)O.[Rb+].[Rb+].[Re]. The van der Waals surface area contributed by atoms with Crippen LogP contribution in [0.2, 0.25) is 0 Å². The minimum atomic E-state index is -1.22. The molecule has 2 N–H and O–H groups in total. The van der Waals surface area contributed by atoms with Gasteiger partial charge in [0, 0.05) is 20.4 Å². The number of hydrogen-bond acceptors (Lipinski definition) is 2. The van der Waals surface area contributed by atoms with E-state index in [1.807, 2.05) is 0 Å². The summed E-state index contributed by atoms with van der Waals surface area (Å²) in [5, 5.41) is 8.56. The smallest absolute Gasteiger partial charge is 0.665 e. The van der Waals surface area contributed by atoms with Gasteiger partial charge in [-0.25, -0.2) is 0 Å². The van der Waals surface area contributed by atoms with E-state index in [1.54, 1.807) is 0 Å². The molecule has 0 unspecified atom stereocenters. The Balaban J connectivity index is -0.000000480. The fraction of sp³-hybridized carbons (Fsp3) is 0. The summed E-state index contributed by atoms with van der Waals surface area (Å²) in [5.41, 5.74) is 6.44. The van der Waals surface area contributed by atoms with Crippen molar-refractivity contribution in [3.8, 4) is 0 Å². The molecule has 0 aliphatic heterocycles. The molecular formula is C8H5NO3Rb2Re. The molecule has 0 aromatic heterocycles. The first kappa shape index (κ1) is 22.6. The van der Waals surface area contributed by atoms with Gasteiger partial charge < -0.3 is 15.6 Å². The van der Waals surface area contributed by atoms with Gasteiger partial charge in [-0.05, 0) is 5.56 Å². The Labute approximate surface area is 199 Å². The molecule has 4 nitrogen and oxygen atoms in total. The van der Waals surface area contributed by atoms with Crippen LogP contribution in [0.5, 0.6) is 0 Å². The fourth-order valence-electron chi connectivity index (χ4n) is 0.805. The van der Waals surface area contributed by atoms with Crippen molar-refractivity contribution < 1.29 is 151 Å². The molecule has 0 bridgehead atoms. The number of benzene rings is 1. The van der Waals surface area contributed by atoms with Crippen LogP contribution < -0.4 is 116 Å². The van der Waals surface area contributed by atoms with E-state index in [2.05, 4.69) is 6.07 Å². The maximum absolute atomic E-state index is 10.6. The zero-order chi connectivity index (χ0) is 9.14. The molecule has 0 spiro atoms. The van der Waals surface area contributed by atoms with Gasteiger partial charge in [0.25, 0.3) is 5.97 Å². The molecule has 7 heteroatoms. The summed E-state index contributed by atoms with van der Waals surface area (Å²) in [6.07, 6.45) is 0. The molecule has 0 saturated carbocycles. The van der Waals surface area contributed by atoms with E-state index in [0.717, 1.165) is 0 Å². The zero-order valence-electron chi connectivity index (χ0n) is 8.37. The predicted octanol–water partition coefficient (Wildman–Crippen LogP) is -4.62. The molecular weight excluding hydrogens is 515 g/mol. The second-order valence-electron chi connectivity index (χ2n) is 2.11. The van der Waals surface area contributed by atoms with Gasteiger partial charge in [-0.1, -0.05) is 5.56 Å². The molecule has 0 aliphatic carbocycles. The van der Waals surface area contributed by atoms with Crippen LogP contribution in [-0.4, -0.2) is 17.0 Å². The molecule has 1 amide bonds. The Kier molecular flexibility index (Phi) is 17.4. The third kappa shape index (κ3) is 7.45. The summed E-state index contributed by atoms with van der Waals surface area (Å²) >= 11 is 0. The van der Waals surface area contributed by atoms with E-state index in [1.165, 1.54) is 18.2 Å². The van der Waals surface area contributed by atoms with Gasteiger partial charge in [-0.3, -0.25) is 4.79 Å². The summed E-state index contributed by atoms with van der Waals surface area (Å²) in [6.45, 7) is 0. The second kappa shape index (κ2) is 11.5. The Morgan fingerprint density at radius 2 is 1.80 bits per heavy atom. The van der Waals surface area contributed by atoms with Gasteiger partial charge in [-0.15, -0.1) is 0 Å². The number of aromatic carboxylic acids is 1. The molecule has 15 heavy (non-hydrogen) atoms. The van der Waals surface area contributed by atoms with Crippen LogP contribution in [0.1, 0.15) is 20.7 Å². The van der Waals surface area contributed by atoms with Gasteiger partial charge in [0.2, 0.25) is 0 Å². The fourth-order valence-corrected chi connectivity index (χ4v) is 0.805. The van der Waals surface area contributed by atoms with Gasteiger partial charge >= 0.3 is 116 Å². The first-order valence-corrected chi connectivity index (χ1v) is 3.12. The van der Waals surface area contributed by atoms with Crippen LogP contribution in [0.3, 0.4) is 0 Å². The average Bonchev–Trinajstić information content (AvgIpc) is 2.04. The maximum Gasteiger partial charge on any atom is 1.00 e. The largest absolute Gasteiger partial charge is 1.00 e. The molecule has 1 rings (SSSR count). The Hall–Kier alpha value is 2.43. The van der Waals surface area contributed by atoms with Crippen LogP contribution in [0.25, 0.3) is 5.73 Å². The second-order valence-corrected chi connectivity index (χ2v) is 2.11. The van der Waals surface area contributed by atoms with E-state index in [4.69, 9.17) is 10.8 Å². The molecule has 0 fully saturated rings. The van der Waals surface area contributed by atoms with Crippen LogP contribution >= 0.6 is 0 Å². The number of rotatable bonds is 2. The van der Waals surface area contributed by atoms with Crippen molar-refractivity contribution >= 4 is 11.9 Å². The third-order valence-corrected chi connectivity index (χ3v) is 1.34. The maximum atomic E-state index is 10.6. The van der Waals surface area contributed by atoms with E-state index >= 15 is 0 Å². The predicted molar refractivity (Wildman–Crippen MR) is 40.9 cm³/mol. The Morgan fingerprint density at radius 1 is 1.27 bits per heavy atom. The summed E-state index contributed by atoms with van der Waals surface area (Å²) in [5.74, 6) is -2.22. The van der Waals surface area contributed by atoms with Crippen molar-refractivity contribution in [1.29, 1.82) is 0 Å². The van der Waals surface area contributed by atoms with Crippen molar-refractivity contribution in [2.24, 2.45) is 0 Å². The molecule has 0 atom stereocenters. The summed E-state index contributed by atoms with van der Waals surface area (Å²) in [6, 6.07) is 6.35. The van der Waals surface area contributed by atoms with E-state index in [9.17, 15) is 9.59 Å². The van der Waals surface area contributed by atoms with Gasteiger partial charge in [-0.2, -0.15) is 24.3 Å². The van der Waals surface area contributed by atoms with Gasteiger partial charge in [0.05, 0.1) is 5.91 Å². The number of carbonyl (C=O) groups is 2. The van der Waals surface area contributed by atoms with Crippen molar-refractivity contribution in [1.82, 2.24) is 0 Å². The molecule has 1 aromatic rings. The molecule has 69 valence electrons. The topological polar surface area (TPSA) is 78.2 Å². The van der Waals surface area contributed by atoms with E-state index in [0.29, 0.717) is 0 Å². The standard InChI is InChI=1S/C8H6NO3.2Rb.Re/c9-7(10)5-3-1-2-4-6(5)8(11)12;;;/h1,3-4H,(H3,9,10,11,12);;;/q-1;2*+1;/p-1. The number of carboxylic acids is 1. The number of amides is 1. The minimum absolute atomic E-state index is 0. The summed E-state index contributed by atoms with van der Waals surface area (Å²) in [4.78, 5) is 21.0. The number of carboxylic acid groups (broad SMARTS) is 1. The number of nitrogens with one attached hydrogen (secondary N) is 1.